The predicted octanol–water partition coefficient (Wildman–Crippen LogP) is 2.50. The molecule has 0 bridgehead atoms. The molecule has 1 aromatic carbocycles. The van der Waals surface area contributed by atoms with E-state index in [0.29, 0.717) is 0 Å². The molecule has 0 fully saturated rings. The Morgan fingerprint density at radius 3 is 2.62 bits per heavy atom. The first-order valence-corrected chi connectivity index (χ1v) is 3.61. The maximum Gasteiger partial charge on any atom is 0.181 e. The highest BCUT2D eigenvalue weighted by Crippen LogP contribution is 2.32. The lowest BCUT2D eigenvalue weighted by Gasteiger charge is -2.05. The van der Waals surface area contributed by atoms with Crippen LogP contribution < -0.4 is 4.74 Å². The summed E-state index contributed by atoms with van der Waals surface area (Å²) in [5, 5.41) is 8.00. The normalized spacial score (nSPS) is 9.46. The fraction of sp³-hybridized carbons (Fsp3) is 0.125. The first-order chi connectivity index (χ1) is 6.11. The molecule has 0 atom stereocenters. The van der Waals surface area contributed by atoms with Gasteiger partial charge in [-0.3, -0.25) is 0 Å². The molecule has 0 N–H and O–H groups in total. The maximum atomic E-state index is 12.8. The summed E-state index contributed by atoms with van der Waals surface area (Å²) in [6, 6.07) is 2.38. The first-order valence-electron chi connectivity index (χ1n) is 3.23. The first kappa shape index (κ1) is 9.75. The molecule has 0 heterocycles. The number of hydrogen-bond donors (Lipinski definition) is 0. The van der Waals surface area contributed by atoms with Gasteiger partial charge in [0, 0.05) is 0 Å². The van der Waals surface area contributed by atoms with Crippen molar-refractivity contribution in [1.82, 2.24) is 0 Å². The Labute approximate surface area is 78.3 Å². The van der Waals surface area contributed by atoms with Crippen molar-refractivity contribution in [1.29, 1.82) is 5.26 Å². The quantitative estimate of drug-likeness (QED) is 0.657. The van der Waals surface area contributed by atoms with Crippen LogP contribution in [-0.4, -0.2) is 7.11 Å². The zero-order valence-electron chi connectivity index (χ0n) is 6.57. The maximum absolute atomic E-state index is 12.8. The van der Waals surface area contributed by atoms with Gasteiger partial charge in [0.05, 0.1) is 12.7 Å². The average Bonchev–Trinajstić information content (AvgIpc) is 2.13. The van der Waals surface area contributed by atoms with E-state index < -0.39 is 16.7 Å². The molecule has 68 valence electrons. The van der Waals surface area contributed by atoms with E-state index in [4.69, 9.17) is 16.9 Å². The van der Waals surface area contributed by atoms with Crippen molar-refractivity contribution in [2.45, 2.75) is 0 Å². The van der Waals surface area contributed by atoms with Crippen molar-refractivity contribution >= 4 is 11.6 Å². The molecule has 13 heavy (non-hydrogen) atoms. The molecule has 0 aliphatic heterocycles. The summed E-state index contributed by atoms with van der Waals surface area (Å²) >= 11 is 5.39. The lowest BCUT2D eigenvalue weighted by atomic mass is 10.2. The van der Waals surface area contributed by atoms with Gasteiger partial charge in [-0.05, 0) is 6.07 Å². The summed E-state index contributed by atoms with van der Waals surface area (Å²) in [6.45, 7) is 0. The third-order valence-corrected chi connectivity index (χ3v) is 1.78. The Morgan fingerprint density at radius 2 is 2.15 bits per heavy atom. The number of rotatable bonds is 1. The fourth-order valence-electron chi connectivity index (χ4n) is 0.861. The summed E-state index contributed by atoms with van der Waals surface area (Å²) < 4.78 is 30.1. The molecule has 0 aromatic heterocycles. The number of nitriles is 1. The number of benzene rings is 1. The predicted molar refractivity (Wildman–Crippen MR) is 42.6 cm³/mol. The SMILES string of the molecule is COc1c(C#N)cc(F)c(F)c1Cl. The molecule has 1 aromatic rings. The second kappa shape index (κ2) is 3.58. The van der Waals surface area contributed by atoms with Crippen molar-refractivity contribution in [3.05, 3.63) is 28.3 Å². The van der Waals surface area contributed by atoms with Gasteiger partial charge in [-0.1, -0.05) is 11.6 Å². The van der Waals surface area contributed by atoms with Crippen LogP contribution in [0.4, 0.5) is 8.78 Å². The van der Waals surface area contributed by atoms with E-state index in [1.807, 2.05) is 0 Å². The molecule has 0 unspecified atom stereocenters. The lowest BCUT2D eigenvalue weighted by molar-refractivity contribution is 0.405. The van der Waals surface area contributed by atoms with Crippen LogP contribution in [0.1, 0.15) is 5.56 Å². The van der Waals surface area contributed by atoms with E-state index in [1.54, 1.807) is 6.07 Å². The van der Waals surface area contributed by atoms with Crippen molar-refractivity contribution in [2.75, 3.05) is 7.11 Å². The van der Waals surface area contributed by atoms with Gasteiger partial charge in [-0.15, -0.1) is 0 Å². The molecule has 2 nitrogen and oxygen atoms in total. The topological polar surface area (TPSA) is 33.0 Å². The zero-order valence-corrected chi connectivity index (χ0v) is 7.32. The van der Waals surface area contributed by atoms with Crippen LogP contribution in [-0.2, 0) is 0 Å². The molecule has 5 heteroatoms. The summed E-state index contributed by atoms with van der Waals surface area (Å²) in [5.74, 6) is -2.53. The van der Waals surface area contributed by atoms with Crippen LogP contribution in [0.5, 0.6) is 5.75 Å². The lowest BCUT2D eigenvalue weighted by Crippen LogP contribution is -1.95. The van der Waals surface area contributed by atoms with Crippen LogP contribution in [0.25, 0.3) is 0 Å². The van der Waals surface area contributed by atoms with E-state index in [0.717, 1.165) is 6.07 Å². The number of nitrogens with zero attached hydrogens (tertiary/aromatic N) is 1. The van der Waals surface area contributed by atoms with Gasteiger partial charge in [-0.2, -0.15) is 5.26 Å². The molecule has 0 saturated carbocycles. The van der Waals surface area contributed by atoms with Crippen LogP contribution in [0.3, 0.4) is 0 Å². The Balaban J connectivity index is 3.50. The van der Waals surface area contributed by atoms with E-state index >= 15 is 0 Å². The van der Waals surface area contributed by atoms with Gasteiger partial charge in [0.15, 0.2) is 17.4 Å². The summed E-state index contributed by atoms with van der Waals surface area (Å²) in [5.41, 5.74) is -0.133. The Morgan fingerprint density at radius 1 is 1.54 bits per heavy atom. The molecular formula is C8H4ClF2NO. The van der Waals surface area contributed by atoms with Gasteiger partial charge in [0.1, 0.15) is 11.1 Å². The van der Waals surface area contributed by atoms with Gasteiger partial charge in [0.25, 0.3) is 0 Å². The Bertz CT molecular complexity index is 387. The van der Waals surface area contributed by atoms with Crippen molar-refractivity contribution < 1.29 is 13.5 Å². The molecule has 0 amide bonds. The summed E-state index contributed by atoms with van der Waals surface area (Å²) in [7, 11) is 1.22. The molecule has 0 saturated heterocycles. The second-order valence-electron chi connectivity index (χ2n) is 2.18. The van der Waals surface area contributed by atoms with E-state index in [9.17, 15) is 8.78 Å². The minimum absolute atomic E-state index is 0.133. The molecule has 0 aliphatic carbocycles. The third kappa shape index (κ3) is 1.56. The Kier molecular flexibility index (Phi) is 2.69. The molecule has 1 rings (SSSR count). The van der Waals surface area contributed by atoms with Crippen LogP contribution >= 0.6 is 11.6 Å². The van der Waals surface area contributed by atoms with Gasteiger partial charge >= 0.3 is 0 Å². The number of ether oxygens (including phenoxy) is 1. The number of methoxy groups -OCH3 is 1. The summed E-state index contributed by atoms with van der Waals surface area (Å²) in [4.78, 5) is 0. The largest absolute Gasteiger partial charge is 0.494 e. The molecule has 0 aliphatic rings. The van der Waals surface area contributed by atoms with E-state index in [1.165, 1.54) is 7.11 Å². The minimum atomic E-state index is -1.21. The van der Waals surface area contributed by atoms with Crippen molar-refractivity contribution in [3.8, 4) is 11.8 Å². The summed E-state index contributed by atoms with van der Waals surface area (Å²) in [6.07, 6.45) is 0. The van der Waals surface area contributed by atoms with Crippen molar-refractivity contribution in [3.63, 3.8) is 0 Å². The zero-order chi connectivity index (χ0) is 10.0. The van der Waals surface area contributed by atoms with Crippen LogP contribution in [0.15, 0.2) is 6.07 Å². The van der Waals surface area contributed by atoms with Gasteiger partial charge < -0.3 is 4.74 Å². The highest BCUT2D eigenvalue weighted by Gasteiger charge is 2.17. The van der Waals surface area contributed by atoms with E-state index in [2.05, 4.69) is 4.74 Å². The monoisotopic (exact) mass is 203 g/mol. The molecular weight excluding hydrogens is 200 g/mol. The van der Waals surface area contributed by atoms with Crippen LogP contribution in [0.2, 0.25) is 5.02 Å². The van der Waals surface area contributed by atoms with E-state index in [-0.39, 0.29) is 11.3 Å². The van der Waals surface area contributed by atoms with Crippen molar-refractivity contribution in [2.24, 2.45) is 0 Å². The molecule has 0 radical (unpaired) electrons. The smallest absolute Gasteiger partial charge is 0.181 e. The third-order valence-electron chi connectivity index (χ3n) is 1.44. The number of hydrogen-bond acceptors (Lipinski definition) is 2. The Hall–Kier alpha value is -1.34. The number of halogens is 3. The highest BCUT2D eigenvalue weighted by atomic mass is 35.5. The standard InChI is InChI=1S/C8H4ClF2NO/c1-13-8-4(3-12)2-5(10)7(11)6(8)9/h2H,1H3. The molecule has 0 spiro atoms. The van der Waals surface area contributed by atoms with Gasteiger partial charge in [-0.25, -0.2) is 8.78 Å². The fourth-order valence-corrected chi connectivity index (χ4v) is 1.13. The van der Waals surface area contributed by atoms with Gasteiger partial charge in [0.2, 0.25) is 0 Å². The minimum Gasteiger partial charge on any atom is -0.494 e. The average molecular weight is 204 g/mol. The van der Waals surface area contributed by atoms with Crippen LogP contribution in [0, 0.1) is 23.0 Å². The second-order valence-corrected chi connectivity index (χ2v) is 2.56. The highest BCUT2D eigenvalue weighted by molar-refractivity contribution is 6.32.